The van der Waals surface area contributed by atoms with Crippen LogP contribution in [0.3, 0.4) is 0 Å². The number of anilines is 1. The zero-order chi connectivity index (χ0) is 21.5. The summed E-state index contributed by atoms with van der Waals surface area (Å²) in [7, 11) is 0. The van der Waals surface area contributed by atoms with Crippen molar-refractivity contribution in [1.29, 1.82) is 0 Å². The van der Waals surface area contributed by atoms with Gasteiger partial charge >= 0.3 is 6.09 Å². The van der Waals surface area contributed by atoms with Crippen molar-refractivity contribution in [2.45, 2.75) is 20.0 Å². The molecule has 158 valence electrons. The number of para-hydroxylation sites is 1. The minimum absolute atomic E-state index is 0.346. The first kappa shape index (κ1) is 20.5. The molecule has 0 aliphatic heterocycles. The highest BCUT2D eigenvalue weighted by molar-refractivity contribution is 7.17. The summed E-state index contributed by atoms with van der Waals surface area (Å²) < 4.78 is 7.29. The van der Waals surface area contributed by atoms with Crippen LogP contribution < -0.4 is 15.4 Å². The maximum atomic E-state index is 12.1. The number of ether oxygens (including phenoxy) is 1. The summed E-state index contributed by atoms with van der Waals surface area (Å²) in [5, 5.41) is 11.8. The van der Waals surface area contributed by atoms with Crippen LogP contribution in [0.15, 0.2) is 67.1 Å². The van der Waals surface area contributed by atoms with E-state index in [0.717, 1.165) is 30.0 Å². The highest BCUT2D eigenvalue weighted by Crippen LogP contribution is 2.32. The number of hydrogen-bond acceptors (Lipinski definition) is 7. The van der Waals surface area contributed by atoms with Gasteiger partial charge in [-0.2, -0.15) is 5.10 Å². The van der Waals surface area contributed by atoms with Crippen molar-refractivity contribution in [3.05, 3.63) is 78.4 Å². The van der Waals surface area contributed by atoms with Crippen LogP contribution in [0.5, 0.6) is 5.06 Å². The molecule has 0 saturated heterocycles. The zero-order valence-corrected chi connectivity index (χ0v) is 17.8. The van der Waals surface area contributed by atoms with Gasteiger partial charge < -0.3 is 15.4 Å². The van der Waals surface area contributed by atoms with Crippen LogP contribution in [0, 0.1) is 6.92 Å². The molecule has 1 amide bonds. The number of benzene rings is 1. The summed E-state index contributed by atoms with van der Waals surface area (Å²) in [6, 6.07) is 15.7. The van der Waals surface area contributed by atoms with Crippen molar-refractivity contribution in [3.63, 3.8) is 0 Å². The summed E-state index contributed by atoms with van der Waals surface area (Å²) in [6.07, 6.45) is 4.77. The number of rotatable bonds is 8. The molecule has 0 atom stereocenters. The van der Waals surface area contributed by atoms with Crippen molar-refractivity contribution >= 4 is 23.1 Å². The SMILES string of the molecule is Cc1nc(-c2ccn(CCNc3ccccc3)n2)sc1OC(=O)NCc1cccnc1. The van der Waals surface area contributed by atoms with E-state index >= 15 is 0 Å². The topological polar surface area (TPSA) is 94.0 Å². The zero-order valence-electron chi connectivity index (χ0n) is 17.0. The Balaban J connectivity index is 1.31. The predicted octanol–water partition coefficient (Wildman–Crippen LogP) is 4.11. The standard InChI is InChI=1S/C22H22N6O2S/c1-16-21(30-22(29)25-15-17-6-5-10-23-14-17)31-20(26-16)19-9-12-28(27-19)13-11-24-18-7-3-2-4-8-18/h2-10,12,14,24H,11,13,15H2,1H3,(H,25,29). The van der Waals surface area contributed by atoms with Gasteiger partial charge in [-0.3, -0.25) is 9.67 Å². The Hall–Kier alpha value is -3.72. The summed E-state index contributed by atoms with van der Waals surface area (Å²) >= 11 is 1.30. The van der Waals surface area contributed by atoms with E-state index in [2.05, 4.69) is 25.7 Å². The molecule has 0 saturated carbocycles. The lowest BCUT2D eigenvalue weighted by Crippen LogP contribution is -2.26. The molecule has 0 bridgehead atoms. The molecule has 4 aromatic rings. The average Bonchev–Trinajstić information content (AvgIpc) is 3.41. The fourth-order valence-corrected chi connectivity index (χ4v) is 3.74. The Morgan fingerprint density at radius 1 is 1.16 bits per heavy atom. The maximum absolute atomic E-state index is 12.1. The molecule has 0 unspecified atom stereocenters. The lowest BCUT2D eigenvalue weighted by Gasteiger charge is -2.05. The van der Waals surface area contributed by atoms with Gasteiger partial charge in [0.2, 0.25) is 5.06 Å². The molecule has 0 spiro atoms. The fraction of sp³-hybridized carbons (Fsp3) is 0.182. The number of pyridine rings is 1. The highest BCUT2D eigenvalue weighted by Gasteiger charge is 2.15. The Bertz CT molecular complexity index is 1130. The van der Waals surface area contributed by atoms with Crippen LogP contribution in [-0.2, 0) is 13.1 Å². The van der Waals surface area contributed by atoms with Crippen molar-refractivity contribution in [1.82, 2.24) is 25.1 Å². The van der Waals surface area contributed by atoms with Crippen molar-refractivity contribution in [2.75, 3.05) is 11.9 Å². The molecule has 9 heteroatoms. The van der Waals surface area contributed by atoms with Gasteiger partial charge in [0.1, 0.15) is 10.7 Å². The molecule has 0 aliphatic carbocycles. The Kier molecular flexibility index (Phi) is 6.53. The second-order valence-electron chi connectivity index (χ2n) is 6.75. The number of aryl methyl sites for hydroxylation is 1. The summed E-state index contributed by atoms with van der Waals surface area (Å²) in [4.78, 5) is 20.6. The monoisotopic (exact) mass is 434 g/mol. The minimum Gasteiger partial charge on any atom is -0.397 e. The average molecular weight is 435 g/mol. The van der Waals surface area contributed by atoms with E-state index in [-0.39, 0.29) is 0 Å². The van der Waals surface area contributed by atoms with E-state index < -0.39 is 6.09 Å². The predicted molar refractivity (Wildman–Crippen MR) is 120 cm³/mol. The Labute approximate surface area is 183 Å². The van der Waals surface area contributed by atoms with Gasteiger partial charge in [0.25, 0.3) is 0 Å². The number of hydrogen-bond donors (Lipinski definition) is 2. The molecule has 0 radical (unpaired) electrons. The van der Waals surface area contributed by atoms with Crippen LogP contribution in [0.25, 0.3) is 10.7 Å². The van der Waals surface area contributed by atoms with E-state index in [0.29, 0.717) is 22.3 Å². The van der Waals surface area contributed by atoms with Crippen LogP contribution in [0.2, 0.25) is 0 Å². The van der Waals surface area contributed by atoms with Crippen molar-refractivity contribution < 1.29 is 9.53 Å². The molecular formula is C22H22N6O2S. The van der Waals surface area contributed by atoms with Gasteiger partial charge in [-0.25, -0.2) is 9.78 Å². The van der Waals surface area contributed by atoms with Crippen LogP contribution >= 0.6 is 11.3 Å². The minimum atomic E-state index is -0.528. The van der Waals surface area contributed by atoms with Crippen LogP contribution in [-0.4, -0.2) is 32.4 Å². The van der Waals surface area contributed by atoms with Gasteiger partial charge in [-0.15, -0.1) is 0 Å². The third kappa shape index (κ3) is 5.67. The largest absolute Gasteiger partial charge is 0.413 e. The lowest BCUT2D eigenvalue weighted by molar-refractivity contribution is 0.201. The van der Waals surface area contributed by atoms with E-state index in [4.69, 9.17) is 4.74 Å². The Morgan fingerprint density at radius 2 is 2.03 bits per heavy atom. The molecule has 0 aliphatic rings. The quantitative estimate of drug-likeness (QED) is 0.433. The fourth-order valence-electron chi connectivity index (χ4n) is 2.85. The number of carbonyl (C=O) groups excluding carboxylic acids is 1. The molecule has 31 heavy (non-hydrogen) atoms. The van der Waals surface area contributed by atoms with Crippen LogP contribution in [0.4, 0.5) is 10.5 Å². The number of thiazole rings is 1. The number of aromatic nitrogens is 4. The highest BCUT2D eigenvalue weighted by atomic mass is 32.1. The molecule has 2 N–H and O–H groups in total. The maximum Gasteiger partial charge on any atom is 0.413 e. The van der Waals surface area contributed by atoms with E-state index in [9.17, 15) is 4.79 Å². The molecule has 3 heterocycles. The number of nitrogens with zero attached hydrogens (tertiary/aromatic N) is 4. The summed E-state index contributed by atoms with van der Waals surface area (Å²) in [5.74, 6) is 0. The second-order valence-corrected chi connectivity index (χ2v) is 7.71. The van der Waals surface area contributed by atoms with Crippen LogP contribution in [0.1, 0.15) is 11.3 Å². The first-order chi connectivity index (χ1) is 15.2. The normalized spacial score (nSPS) is 10.6. The molecular weight excluding hydrogens is 412 g/mol. The summed E-state index contributed by atoms with van der Waals surface area (Å²) in [5.41, 5.74) is 3.37. The third-order valence-corrected chi connectivity index (χ3v) is 5.46. The van der Waals surface area contributed by atoms with Gasteiger partial charge in [0.15, 0.2) is 0 Å². The third-order valence-electron chi connectivity index (χ3n) is 4.40. The first-order valence-corrected chi connectivity index (χ1v) is 10.6. The molecule has 3 aromatic heterocycles. The van der Waals surface area contributed by atoms with Crippen molar-refractivity contribution in [3.8, 4) is 15.8 Å². The van der Waals surface area contributed by atoms with Gasteiger partial charge in [0.05, 0.1) is 12.2 Å². The van der Waals surface area contributed by atoms with Gasteiger partial charge in [0, 0.05) is 37.4 Å². The lowest BCUT2D eigenvalue weighted by atomic mass is 10.3. The molecule has 1 aromatic carbocycles. The number of nitrogens with one attached hydrogen (secondary N) is 2. The molecule has 4 rings (SSSR count). The number of carbonyl (C=O) groups is 1. The van der Waals surface area contributed by atoms with E-state index in [1.807, 2.05) is 66.3 Å². The first-order valence-electron chi connectivity index (χ1n) is 9.82. The summed E-state index contributed by atoms with van der Waals surface area (Å²) in [6.45, 7) is 3.64. The van der Waals surface area contributed by atoms with Crippen molar-refractivity contribution in [2.24, 2.45) is 0 Å². The smallest absolute Gasteiger partial charge is 0.397 e. The number of amides is 1. The van der Waals surface area contributed by atoms with Gasteiger partial charge in [-0.1, -0.05) is 35.6 Å². The second kappa shape index (κ2) is 9.86. The van der Waals surface area contributed by atoms with Gasteiger partial charge in [-0.05, 0) is 36.8 Å². The van der Waals surface area contributed by atoms with E-state index in [1.165, 1.54) is 11.3 Å². The molecule has 0 fully saturated rings. The van der Waals surface area contributed by atoms with E-state index in [1.54, 1.807) is 12.4 Å². The Morgan fingerprint density at radius 3 is 2.84 bits per heavy atom. The molecule has 8 nitrogen and oxygen atoms in total.